The number of hydrogen-bond acceptors (Lipinski definition) is 3. The first-order chi connectivity index (χ1) is 26.7. The van der Waals surface area contributed by atoms with Gasteiger partial charge in [0.2, 0.25) is 0 Å². The summed E-state index contributed by atoms with van der Waals surface area (Å²) in [7, 11) is 0. The highest BCUT2D eigenvalue weighted by atomic mass is 16.5. The average Bonchev–Trinajstić information content (AvgIpc) is 3.54. The number of para-hydroxylation sites is 1. The smallest absolute Gasteiger partial charge is 0.160 e. The molecule has 0 bridgehead atoms. The number of ether oxygens (including phenoxy) is 1. The van der Waals surface area contributed by atoms with Crippen molar-refractivity contribution in [2.24, 2.45) is 5.92 Å². The average molecular weight is 691 g/mol. The van der Waals surface area contributed by atoms with Crippen molar-refractivity contribution >= 4 is 10.8 Å². The van der Waals surface area contributed by atoms with Crippen LogP contribution in [0.4, 0.5) is 0 Å². The molecular formula is C51H34N2O. The Morgan fingerprint density at radius 3 is 1.94 bits per heavy atom. The molecule has 0 saturated heterocycles. The van der Waals surface area contributed by atoms with Crippen molar-refractivity contribution in [2.45, 2.75) is 11.3 Å². The van der Waals surface area contributed by atoms with Crippen molar-refractivity contribution in [1.82, 2.24) is 9.97 Å². The SMILES string of the molecule is C1=CC2c3ccccc3C3(c4ccccc4Oc4ccc(-c5ccc(-c6nc(-c7ccccc7)cc(-c7ccc8ccccc8c7)n6)cc5)cc43)C2C=C1. The zero-order chi connectivity index (χ0) is 35.6. The van der Waals surface area contributed by atoms with E-state index < -0.39 is 0 Å². The van der Waals surface area contributed by atoms with Gasteiger partial charge in [-0.1, -0.05) is 164 Å². The second-order valence-electron chi connectivity index (χ2n) is 14.5. The standard InChI is InChI=1S/C51H34N2O/c1-2-13-35(14-3-1)46-32-47(39-27-24-33-12-4-5-15-37(33)30-39)53-50(52-46)36-25-22-34(23-26-36)38-28-29-49-45(31-38)51(44-20-10-11-21-48(44)54-49)42-18-8-6-16-40(42)41-17-7-9-19-43(41)51/h1-32,40,42H. The minimum Gasteiger partial charge on any atom is -0.457 e. The van der Waals surface area contributed by atoms with Gasteiger partial charge in [-0.25, -0.2) is 9.97 Å². The maximum absolute atomic E-state index is 6.69. The van der Waals surface area contributed by atoms with Crippen LogP contribution in [0.15, 0.2) is 194 Å². The summed E-state index contributed by atoms with van der Waals surface area (Å²) in [4.78, 5) is 10.3. The summed E-state index contributed by atoms with van der Waals surface area (Å²) in [5, 5.41) is 2.40. The van der Waals surface area contributed by atoms with Crippen LogP contribution in [0.2, 0.25) is 0 Å². The van der Waals surface area contributed by atoms with Crippen molar-refractivity contribution < 1.29 is 4.74 Å². The molecule has 0 saturated carbocycles. The van der Waals surface area contributed by atoms with Crippen LogP contribution in [0.25, 0.3) is 55.8 Å². The third kappa shape index (κ3) is 4.68. The van der Waals surface area contributed by atoms with Crippen LogP contribution in [0.1, 0.15) is 28.2 Å². The highest BCUT2D eigenvalue weighted by Gasteiger charge is 2.56. The third-order valence-electron chi connectivity index (χ3n) is 11.6. The van der Waals surface area contributed by atoms with E-state index in [-0.39, 0.29) is 11.3 Å². The van der Waals surface area contributed by atoms with Crippen LogP contribution in [0.3, 0.4) is 0 Å². The van der Waals surface area contributed by atoms with Crippen LogP contribution >= 0.6 is 0 Å². The summed E-state index contributed by atoms with van der Waals surface area (Å²) in [6.45, 7) is 0. The normalized spacial score (nSPS) is 18.8. The predicted molar refractivity (Wildman–Crippen MR) is 219 cm³/mol. The molecule has 3 heteroatoms. The molecule has 7 aromatic carbocycles. The van der Waals surface area contributed by atoms with E-state index in [4.69, 9.17) is 14.7 Å². The molecule has 11 rings (SSSR count). The van der Waals surface area contributed by atoms with Gasteiger partial charge in [0.15, 0.2) is 5.82 Å². The van der Waals surface area contributed by atoms with Crippen LogP contribution in [0.5, 0.6) is 11.5 Å². The quantitative estimate of drug-likeness (QED) is 0.184. The Bertz CT molecular complexity index is 2820. The Morgan fingerprint density at radius 1 is 0.426 bits per heavy atom. The molecule has 1 aromatic heterocycles. The minimum atomic E-state index is -0.381. The summed E-state index contributed by atoms with van der Waals surface area (Å²) in [5.74, 6) is 3.07. The number of allylic oxidation sites excluding steroid dienone is 4. The van der Waals surface area contributed by atoms with Gasteiger partial charge >= 0.3 is 0 Å². The molecule has 1 aliphatic heterocycles. The highest BCUT2D eigenvalue weighted by molar-refractivity contribution is 5.87. The fourth-order valence-electron chi connectivity index (χ4n) is 9.19. The summed E-state index contributed by atoms with van der Waals surface area (Å²) < 4.78 is 6.69. The lowest BCUT2D eigenvalue weighted by molar-refractivity contribution is 0.374. The number of hydrogen-bond donors (Lipinski definition) is 0. The van der Waals surface area contributed by atoms with Crippen molar-refractivity contribution in [3.05, 3.63) is 216 Å². The fourth-order valence-corrected chi connectivity index (χ4v) is 9.19. The Labute approximate surface area is 314 Å². The molecular weight excluding hydrogens is 657 g/mol. The first-order valence-electron chi connectivity index (χ1n) is 18.6. The Balaban J connectivity index is 1.03. The summed E-state index contributed by atoms with van der Waals surface area (Å²) in [6.07, 6.45) is 9.20. The van der Waals surface area contributed by atoms with Gasteiger partial charge in [-0.3, -0.25) is 0 Å². The van der Waals surface area contributed by atoms with E-state index in [1.807, 2.05) is 6.07 Å². The fraction of sp³-hybridized carbons (Fsp3) is 0.0588. The van der Waals surface area contributed by atoms with Gasteiger partial charge in [0.05, 0.1) is 16.8 Å². The Morgan fingerprint density at radius 2 is 1.07 bits per heavy atom. The maximum Gasteiger partial charge on any atom is 0.160 e. The molecule has 0 N–H and O–H groups in total. The van der Waals surface area contributed by atoms with Gasteiger partial charge in [0, 0.05) is 39.7 Å². The van der Waals surface area contributed by atoms with E-state index in [9.17, 15) is 0 Å². The van der Waals surface area contributed by atoms with E-state index in [2.05, 4.69) is 188 Å². The molecule has 3 unspecified atom stereocenters. The van der Waals surface area contributed by atoms with Crippen LogP contribution in [-0.4, -0.2) is 9.97 Å². The van der Waals surface area contributed by atoms with E-state index in [0.29, 0.717) is 11.7 Å². The lowest BCUT2D eigenvalue weighted by Gasteiger charge is -2.43. The van der Waals surface area contributed by atoms with Crippen LogP contribution in [-0.2, 0) is 5.41 Å². The predicted octanol–water partition coefficient (Wildman–Crippen LogP) is 12.6. The molecule has 3 aliphatic rings. The number of nitrogens with zero attached hydrogens (tertiary/aromatic N) is 2. The lowest BCUT2D eigenvalue weighted by atomic mass is 9.61. The van der Waals surface area contributed by atoms with Gasteiger partial charge in [-0.2, -0.15) is 0 Å². The molecule has 254 valence electrons. The number of rotatable bonds is 4. The number of benzene rings is 7. The van der Waals surface area contributed by atoms with Gasteiger partial charge in [-0.15, -0.1) is 0 Å². The Kier molecular flexibility index (Phi) is 6.90. The van der Waals surface area contributed by atoms with Crippen molar-refractivity contribution in [3.8, 4) is 56.5 Å². The molecule has 1 spiro atoms. The second-order valence-corrected chi connectivity index (χ2v) is 14.5. The molecule has 0 fully saturated rings. The van der Waals surface area contributed by atoms with Crippen molar-refractivity contribution in [1.29, 1.82) is 0 Å². The molecule has 54 heavy (non-hydrogen) atoms. The lowest BCUT2D eigenvalue weighted by Crippen LogP contribution is -2.37. The molecule has 3 atom stereocenters. The number of aromatic nitrogens is 2. The van der Waals surface area contributed by atoms with Crippen LogP contribution < -0.4 is 4.74 Å². The minimum absolute atomic E-state index is 0.229. The van der Waals surface area contributed by atoms with Gasteiger partial charge in [0.25, 0.3) is 0 Å². The maximum atomic E-state index is 6.69. The zero-order valence-electron chi connectivity index (χ0n) is 29.4. The topological polar surface area (TPSA) is 35.0 Å². The van der Waals surface area contributed by atoms with Gasteiger partial charge in [0.1, 0.15) is 11.5 Å². The third-order valence-corrected chi connectivity index (χ3v) is 11.6. The Hall–Kier alpha value is -6.84. The molecule has 0 amide bonds. The van der Waals surface area contributed by atoms with E-state index in [1.54, 1.807) is 0 Å². The molecule has 2 aliphatic carbocycles. The van der Waals surface area contributed by atoms with Gasteiger partial charge in [-0.05, 0) is 63.4 Å². The number of fused-ring (bicyclic) bond motifs is 10. The summed E-state index contributed by atoms with van der Waals surface area (Å²) in [5.41, 5.74) is 12.0. The van der Waals surface area contributed by atoms with Gasteiger partial charge < -0.3 is 4.74 Å². The van der Waals surface area contributed by atoms with E-state index in [1.165, 1.54) is 33.0 Å². The monoisotopic (exact) mass is 690 g/mol. The first kappa shape index (κ1) is 30.8. The largest absolute Gasteiger partial charge is 0.457 e. The first-order valence-corrected chi connectivity index (χ1v) is 18.6. The van der Waals surface area contributed by atoms with Crippen molar-refractivity contribution in [2.75, 3.05) is 0 Å². The molecule has 3 nitrogen and oxygen atoms in total. The summed E-state index contributed by atoms with van der Waals surface area (Å²) >= 11 is 0. The molecule has 2 heterocycles. The van der Waals surface area contributed by atoms with E-state index >= 15 is 0 Å². The zero-order valence-corrected chi connectivity index (χ0v) is 29.4. The molecule has 8 aromatic rings. The van der Waals surface area contributed by atoms with Crippen molar-refractivity contribution in [3.63, 3.8) is 0 Å². The summed E-state index contributed by atoms with van der Waals surface area (Å²) in [6, 6.07) is 60.5. The highest BCUT2D eigenvalue weighted by Crippen LogP contribution is 2.64. The molecule has 0 radical (unpaired) electrons. The second kappa shape index (κ2) is 12.1. The van der Waals surface area contributed by atoms with Crippen LogP contribution in [0, 0.1) is 5.92 Å². The van der Waals surface area contributed by atoms with E-state index in [0.717, 1.165) is 50.7 Å².